The highest BCUT2D eigenvalue weighted by Crippen LogP contribution is 2.31. The smallest absolute Gasteiger partial charge is 0.229 e. The first-order valence-corrected chi connectivity index (χ1v) is 9.96. The maximum absolute atomic E-state index is 12.6. The maximum atomic E-state index is 12.6. The monoisotopic (exact) mass is 415 g/mol. The van der Waals surface area contributed by atoms with E-state index in [0.717, 1.165) is 20.9 Å². The highest BCUT2D eigenvalue weighted by molar-refractivity contribution is 7.18. The summed E-state index contributed by atoms with van der Waals surface area (Å²) in [5, 5.41) is 4.23. The van der Waals surface area contributed by atoms with Crippen molar-refractivity contribution in [1.82, 2.24) is 4.98 Å². The molecule has 1 aliphatic rings. The van der Waals surface area contributed by atoms with E-state index in [1.807, 2.05) is 25.1 Å². The third-order valence-corrected chi connectivity index (χ3v) is 5.95. The summed E-state index contributed by atoms with van der Waals surface area (Å²) in [6.07, 6.45) is 0.170. The van der Waals surface area contributed by atoms with Gasteiger partial charge in [0, 0.05) is 24.3 Å². The quantitative estimate of drug-likeness (QED) is 0.691. The number of methoxy groups -OCH3 is 1. The number of benzene rings is 2. The van der Waals surface area contributed by atoms with Crippen molar-refractivity contribution < 1.29 is 14.3 Å². The number of anilines is 2. The molecular formula is C20H18ClN3O3S. The molecule has 2 aromatic carbocycles. The number of rotatable bonds is 4. The Bertz CT molecular complexity index is 1080. The molecule has 144 valence electrons. The molecule has 1 aliphatic heterocycles. The lowest BCUT2D eigenvalue weighted by atomic mass is 10.1. The van der Waals surface area contributed by atoms with Crippen LogP contribution in [0.15, 0.2) is 36.4 Å². The molecule has 1 atom stereocenters. The minimum Gasteiger partial charge on any atom is -0.495 e. The van der Waals surface area contributed by atoms with Crippen molar-refractivity contribution in [2.75, 3.05) is 23.9 Å². The Morgan fingerprint density at radius 3 is 2.89 bits per heavy atom. The number of aryl methyl sites for hydroxylation is 1. The Hall–Kier alpha value is -2.64. The van der Waals surface area contributed by atoms with Crippen LogP contribution in [0.4, 0.5) is 11.4 Å². The highest BCUT2D eigenvalue weighted by atomic mass is 35.5. The third kappa shape index (κ3) is 3.55. The van der Waals surface area contributed by atoms with Crippen molar-refractivity contribution >= 4 is 56.3 Å². The number of halogens is 1. The first-order valence-electron chi connectivity index (χ1n) is 8.76. The predicted octanol–water partition coefficient (Wildman–Crippen LogP) is 4.26. The number of hydrogen-bond acceptors (Lipinski definition) is 5. The minimum absolute atomic E-state index is 0.0702. The number of fused-ring (bicyclic) bond motifs is 1. The number of nitrogens with one attached hydrogen (secondary N) is 1. The summed E-state index contributed by atoms with van der Waals surface area (Å²) in [5.74, 6) is -0.169. The van der Waals surface area contributed by atoms with Crippen molar-refractivity contribution in [2.24, 2.45) is 5.92 Å². The molecule has 1 saturated heterocycles. The fourth-order valence-corrected chi connectivity index (χ4v) is 4.39. The summed E-state index contributed by atoms with van der Waals surface area (Å²) in [5.41, 5.74) is 2.21. The molecule has 1 unspecified atom stereocenters. The van der Waals surface area contributed by atoms with E-state index in [9.17, 15) is 9.59 Å². The molecule has 0 radical (unpaired) electrons. The zero-order valence-electron chi connectivity index (χ0n) is 15.4. The number of nitrogens with zero attached hydrogens (tertiary/aromatic N) is 2. The summed E-state index contributed by atoms with van der Waals surface area (Å²) in [7, 11) is 1.53. The molecule has 1 N–H and O–H groups in total. The lowest BCUT2D eigenvalue weighted by Crippen LogP contribution is -2.28. The number of ether oxygens (including phenoxy) is 1. The van der Waals surface area contributed by atoms with Gasteiger partial charge in [0.05, 0.1) is 33.3 Å². The van der Waals surface area contributed by atoms with Crippen LogP contribution in [-0.2, 0) is 9.59 Å². The molecule has 0 bridgehead atoms. The van der Waals surface area contributed by atoms with Crippen LogP contribution in [0.1, 0.15) is 11.4 Å². The van der Waals surface area contributed by atoms with Gasteiger partial charge in [-0.15, -0.1) is 11.3 Å². The van der Waals surface area contributed by atoms with Gasteiger partial charge in [-0.3, -0.25) is 9.59 Å². The molecule has 1 fully saturated rings. The maximum Gasteiger partial charge on any atom is 0.229 e. The van der Waals surface area contributed by atoms with E-state index >= 15 is 0 Å². The number of aromatic nitrogens is 1. The summed E-state index contributed by atoms with van der Waals surface area (Å²) in [6.45, 7) is 2.29. The van der Waals surface area contributed by atoms with Gasteiger partial charge in [0.2, 0.25) is 11.8 Å². The number of carbonyl (C=O) groups is 2. The molecule has 4 rings (SSSR count). The molecule has 1 aromatic heterocycles. The van der Waals surface area contributed by atoms with E-state index in [1.165, 1.54) is 7.11 Å². The van der Waals surface area contributed by atoms with E-state index in [0.29, 0.717) is 23.0 Å². The van der Waals surface area contributed by atoms with Crippen LogP contribution in [0.5, 0.6) is 5.75 Å². The lowest BCUT2D eigenvalue weighted by molar-refractivity contribution is -0.122. The second-order valence-electron chi connectivity index (χ2n) is 6.63. The summed E-state index contributed by atoms with van der Waals surface area (Å²) in [4.78, 5) is 31.3. The number of thiazole rings is 1. The molecule has 2 heterocycles. The molecular weight excluding hydrogens is 398 g/mol. The average molecular weight is 416 g/mol. The number of carbonyl (C=O) groups excluding carboxylic acids is 2. The molecule has 3 aromatic rings. The SMILES string of the molecule is COc1ccc(NC(=O)C2CC(=O)N(c3ccc4sc(C)nc4c3)C2)cc1Cl. The summed E-state index contributed by atoms with van der Waals surface area (Å²) < 4.78 is 6.20. The van der Waals surface area contributed by atoms with Gasteiger partial charge in [0.1, 0.15) is 5.75 Å². The number of amides is 2. The second-order valence-corrected chi connectivity index (χ2v) is 8.27. The fraction of sp³-hybridized carbons (Fsp3) is 0.250. The predicted molar refractivity (Wildman–Crippen MR) is 111 cm³/mol. The van der Waals surface area contributed by atoms with E-state index in [2.05, 4.69) is 10.3 Å². The first kappa shape index (κ1) is 18.7. The summed E-state index contributed by atoms with van der Waals surface area (Å²) >= 11 is 7.72. The Kier molecular flexibility index (Phi) is 4.95. The summed E-state index contributed by atoms with van der Waals surface area (Å²) in [6, 6.07) is 10.8. The van der Waals surface area contributed by atoms with Crippen LogP contribution in [0.2, 0.25) is 5.02 Å². The molecule has 0 saturated carbocycles. The Labute approximate surface area is 171 Å². The normalized spacial score (nSPS) is 16.6. The molecule has 0 spiro atoms. The van der Waals surface area contributed by atoms with Gasteiger partial charge in [0.25, 0.3) is 0 Å². The molecule has 0 aliphatic carbocycles. The van der Waals surface area contributed by atoms with E-state index in [1.54, 1.807) is 34.4 Å². The molecule has 2 amide bonds. The van der Waals surface area contributed by atoms with Crippen molar-refractivity contribution in [3.63, 3.8) is 0 Å². The zero-order valence-corrected chi connectivity index (χ0v) is 16.9. The van der Waals surface area contributed by atoms with Crippen molar-refractivity contribution in [3.8, 4) is 5.75 Å². The molecule has 6 nitrogen and oxygen atoms in total. The Balaban J connectivity index is 1.48. The van der Waals surface area contributed by atoms with Crippen LogP contribution >= 0.6 is 22.9 Å². The largest absolute Gasteiger partial charge is 0.495 e. The topological polar surface area (TPSA) is 71.5 Å². The van der Waals surface area contributed by atoms with Gasteiger partial charge in [-0.05, 0) is 43.3 Å². The van der Waals surface area contributed by atoms with Crippen molar-refractivity contribution in [3.05, 3.63) is 46.4 Å². The van der Waals surface area contributed by atoms with Crippen LogP contribution in [-0.4, -0.2) is 30.5 Å². The Morgan fingerprint density at radius 1 is 1.32 bits per heavy atom. The van der Waals surface area contributed by atoms with Crippen LogP contribution < -0.4 is 15.0 Å². The van der Waals surface area contributed by atoms with Crippen LogP contribution in [0, 0.1) is 12.8 Å². The lowest BCUT2D eigenvalue weighted by Gasteiger charge is -2.17. The van der Waals surface area contributed by atoms with Gasteiger partial charge < -0.3 is 15.0 Å². The standard InChI is InChI=1S/C20H18ClN3O3S/c1-11-22-16-9-14(4-6-18(16)28-11)24-10-12(7-19(24)25)20(26)23-13-3-5-17(27-2)15(21)8-13/h3-6,8-9,12H,7,10H2,1-2H3,(H,23,26). The molecule has 8 heteroatoms. The molecule has 28 heavy (non-hydrogen) atoms. The first-order chi connectivity index (χ1) is 13.4. The fourth-order valence-electron chi connectivity index (χ4n) is 3.32. The van der Waals surface area contributed by atoms with Crippen LogP contribution in [0.25, 0.3) is 10.2 Å². The van der Waals surface area contributed by atoms with Gasteiger partial charge in [-0.25, -0.2) is 4.98 Å². The van der Waals surface area contributed by atoms with Gasteiger partial charge in [0.15, 0.2) is 0 Å². The second kappa shape index (κ2) is 7.41. The third-order valence-electron chi connectivity index (χ3n) is 4.70. The van der Waals surface area contributed by atoms with E-state index < -0.39 is 5.92 Å². The van der Waals surface area contributed by atoms with E-state index in [4.69, 9.17) is 16.3 Å². The van der Waals surface area contributed by atoms with Gasteiger partial charge in [-0.1, -0.05) is 11.6 Å². The minimum atomic E-state index is -0.429. The van der Waals surface area contributed by atoms with Crippen LogP contribution in [0.3, 0.4) is 0 Å². The zero-order chi connectivity index (χ0) is 19.8. The number of hydrogen-bond donors (Lipinski definition) is 1. The van der Waals surface area contributed by atoms with Crippen molar-refractivity contribution in [2.45, 2.75) is 13.3 Å². The average Bonchev–Trinajstić information content (AvgIpc) is 3.23. The highest BCUT2D eigenvalue weighted by Gasteiger charge is 2.35. The van der Waals surface area contributed by atoms with E-state index in [-0.39, 0.29) is 18.2 Å². The van der Waals surface area contributed by atoms with Gasteiger partial charge >= 0.3 is 0 Å². The van der Waals surface area contributed by atoms with Gasteiger partial charge in [-0.2, -0.15) is 0 Å². The Morgan fingerprint density at radius 2 is 2.14 bits per heavy atom. The van der Waals surface area contributed by atoms with Crippen molar-refractivity contribution in [1.29, 1.82) is 0 Å².